The van der Waals surface area contributed by atoms with Gasteiger partial charge >= 0.3 is 0 Å². The van der Waals surface area contributed by atoms with Gasteiger partial charge in [-0.1, -0.05) is 23.2 Å². The van der Waals surface area contributed by atoms with Gasteiger partial charge in [0.2, 0.25) is 0 Å². The van der Waals surface area contributed by atoms with Crippen LogP contribution in [-0.2, 0) is 0 Å². The van der Waals surface area contributed by atoms with Crippen LogP contribution in [-0.4, -0.2) is 19.4 Å². The van der Waals surface area contributed by atoms with Gasteiger partial charge in [0.05, 0.1) is 34.9 Å². The Kier molecular flexibility index (Phi) is 2.82. The summed E-state index contributed by atoms with van der Waals surface area (Å²) in [5, 5.41) is 9.80. The zero-order chi connectivity index (χ0) is 13.4. The highest BCUT2D eigenvalue weighted by Crippen LogP contribution is 2.23. The Bertz CT molecular complexity index is 819. The Morgan fingerprint density at radius 3 is 2.79 bits per heavy atom. The van der Waals surface area contributed by atoms with Gasteiger partial charge in [0.25, 0.3) is 0 Å². The minimum absolute atomic E-state index is 0.287. The molecule has 0 amide bonds. The van der Waals surface area contributed by atoms with Gasteiger partial charge in [-0.15, -0.1) is 0 Å². The molecular weight excluding hydrogens is 285 g/mol. The summed E-state index contributed by atoms with van der Waals surface area (Å²) in [6, 6.07) is 3.62. The van der Waals surface area contributed by atoms with Crippen LogP contribution in [0.5, 0.6) is 0 Å². The van der Waals surface area contributed by atoms with Crippen LogP contribution in [0.1, 0.15) is 5.56 Å². The van der Waals surface area contributed by atoms with E-state index in [1.807, 2.05) is 0 Å². The minimum atomic E-state index is 0.287. The minimum Gasteiger partial charge on any atom is -0.296 e. The molecule has 0 N–H and O–H groups in total. The molecule has 0 aliphatic rings. The van der Waals surface area contributed by atoms with Crippen molar-refractivity contribution in [3.63, 3.8) is 0 Å². The second-order valence-electron chi connectivity index (χ2n) is 3.75. The Labute approximate surface area is 118 Å². The number of hydrogen-bond donors (Lipinski definition) is 0. The molecule has 3 heterocycles. The first kappa shape index (κ1) is 11.9. The Balaban J connectivity index is 2.32. The van der Waals surface area contributed by atoms with Gasteiger partial charge in [-0.3, -0.25) is 9.38 Å². The molecule has 0 aliphatic carbocycles. The maximum absolute atomic E-state index is 9.07. The lowest BCUT2D eigenvalue weighted by Gasteiger charge is -2.02. The van der Waals surface area contributed by atoms with Gasteiger partial charge in [0.15, 0.2) is 5.65 Å². The van der Waals surface area contributed by atoms with E-state index in [9.17, 15) is 0 Å². The van der Waals surface area contributed by atoms with Gasteiger partial charge in [-0.05, 0) is 6.07 Å². The third-order valence-electron chi connectivity index (χ3n) is 2.56. The molecule has 0 aliphatic heterocycles. The van der Waals surface area contributed by atoms with Crippen molar-refractivity contribution in [2.24, 2.45) is 0 Å². The smallest absolute Gasteiger partial charge is 0.155 e. The summed E-state index contributed by atoms with van der Waals surface area (Å²) in [4.78, 5) is 12.4. The molecule has 92 valence electrons. The zero-order valence-electron chi connectivity index (χ0n) is 9.38. The predicted octanol–water partition coefficient (Wildman–Crippen LogP) is 2.97. The molecule has 0 fully saturated rings. The molecule has 0 bridgehead atoms. The van der Waals surface area contributed by atoms with Crippen molar-refractivity contribution in [1.29, 1.82) is 5.26 Å². The van der Waals surface area contributed by atoms with Crippen molar-refractivity contribution >= 4 is 28.8 Å². The van der Waals surface area contributed by atoms with Gasteiger partial charge in [-0.25, -0.2) is 9.97 Å². The lowest BCUT2D eigenvalue weighted by atomic mass is 10.3. The molecule has 0 atom stereocenters. The van der Waals surface area contributed by atoms with Gasteiger partial charge in [0, 0.05) is 6.20 Å². The van der Waals surface area contributed by atoms with E-state index in [1.165, 1.54) is 6.20 Å². The number of imidazole rings is 1. The molecule has 0 saturated heterocycles. The fourth-order valence-corrected chi connectivity index (χ4v) is 2.15. The molecule has 3 aromatic heterocycles. The van der Waals surface area contributed by atoms with E-state index < -0.39 is 0 Å². The number of pyridine rings is 1. The Hall–Kier alpha value is -2.16. The number of rotatable bonds is 1. The topological polar surface area (TPSA) is 66.9 Å². The summed E-state index contributed by atoms with van der Waals surface area (Å²) < 4.78 is 1.70. The summed E-state index contributed by atoms with van der Waals surface area (Å²) in [5.41, 5.74) is 2.15. The third kappa shape index (κ3) is 2.01. The fourth-order valence-electron chi connectivity index (χ4n) is 1.79. The Morgan fingerprint density at radius 2 is 2.05 bits per heavy atom. The molecule has 0 aromatic carbocycles. The van der Waals surface area contributed by atoms with E-state index >= 15 is 0 Å². The van der Waals surface area contributed by atoms with Gasteiger partial charge in [0.1, 0.15) is 16.9 Å². The quantitative estimate of drug-likeness (QED) is 0.691. The fraction of sp³-hybridized carbons (Fsp3) is 0. The summed E-state index contributed by atoms with van der Waals surface area (Å²) in [6.07, 6.45) is 6.29. The summed E-state index contributed by atoms with van der Waals surface area (Å²) in [7, 11) is 0. The monoisotopic (exact) mass is 289 g/mol. The average molecular weight is 290 g/mol. The zero-order valence-corrected chi connectivity index (χ0v) is 10.9. The molecular formula is C12H5Cl2N5. The molecule has 5 nitrogen and oxygen atoms in total. The SMILES string of the molecule is N#Cc1cc(Cl)cn2c(-c3cncc(Cl)n3)cnc12. The number of halogens is 2. The maximum Gasteiger partial charge on any atom is 0.155 e. The molecule has 0 spiro atoms. The molecule has 0 saturated carbocycles. The summed E-state index contributed by atoms with van der Waals surface area (Å²) in [6.45, 7) is 0. The maximum atomic E-state index is 9.07. The van der Waals surface area contributed by atoms with E-state index in [0.717, 1.165) is 0 Å². The number of aromatic nitrogens is 4. The van der Waals surface area contributed by atoms with Crippen LogP contribution in [0.4, 0.5) is 0 Å². The van der Waals surface area contributed by atoms with Gasteiger partial charge in [-0.2, -0.15) is 5.26 Å². The normalized spacial score (nSPS) is 10.6. The molecule has 0 unspecified atom stereocenters. The highest BCUT2D eigenvalue weighted by Gasteiger charge is 2.12. The first-order chi connectivity index (χ1) is 9.19. The summed E-state index contributed by atoms with van der Waals surface area (Å²) >= 11 is 11.8. The molecule has 3 aromatic rings. The van der Waals surface area contributed by atoms with Crippen molar-refractivity contribution in [1.82, 2.24) is 19.4 Å². The highest BCUT2D eigenvalue weighted by molar-refractivity contribution is 6.30. The molecule has 0 radical (unpaired) electrons. The van der Waals surface area contributed by atoms with Crippen LogP contribution in [0.3, 0.4) is 0 Å². The predicted molar refractivity (Wildman–Crippen MR) is 71.0 cm³/mol. The van der Waals surface area contributed by atoms with Crippen LogP contribution >= 0.6 is 23.2 Å². The van der Waals surface area contributed by atoms with E-state index in [1.54, 1.807) is 29.1 Å². The second kappa shape index (κ2) is 4.50. The van der Waals surface area contributed by atoms with E-state index in [-0.39, 0.29) is 5.15 Å². The standard InChI is InChI=1S/C12H5Cl2N5/c13-8-1-7(2-15)12-17-4-10(19(12)6-8)9-3-16-5-11(14)18-9/h1,3-6H. The number of nitrogens with zero attached hydrogens (tertiary/aromatic N) is 5. The third-order valence-corrected chi connectivity index (χ3v) is 2.95. The molecule has 3 rings (SSSR count). The first-order valence-electron chi connectivity index (χ1n) is 5.23. The van der Waals surface area contributed by atoms with Crippen molar-refractivity contribution in [3.8, 4) is 17.5 Å². The highest BCUT2D eigenvalue weighted by atomic mass is 35.5. The van der Waals surface area contributed by atoms with E-state index in [4.69, 9.17) is 28.5 Å². The van der Waals surface area contributed by atoms with Crippen molar-refractivity contribution < 1.29 is 0 Å². The largest absolute Gasteiger partial charge is 0.296 e. The molecule has 7 heteroatoms. The van der Waals surface area contributed by atoms with Crippen molar-refractivity contribution in [3.05, 3.63) is 46.6 Å². The van der Waals surface area contributed by atoms with E-state index in [2.05, 4.69) is 21.0 Å². The first-order valence-corrected chi connectivity index (χ1v) is 5.99. The van der Waals surface area contributed by atoms with Crippen LogP contribution in [0.15, 0.2) is 30.9 Å². The second-order valence-corrected chi connectivity index (χ2v) is 4.57. The van der Waals surface area contributed by atoms with Gasteiger partial charge < -0.3 is 0 Å². The van der Waals surface area contributed by atoms with Crippen molar-refractivity contribution in [2.45, 2.75) is 0 Å². The number of hydrogen-bond acceptors (Lipinski definition) is 4. The average Bonchev–Trinajstić information content (AvgIpc) is 2.81. The lowest BCUT2D eigenvalue weighted by molar-refractivity contribution is 1.13. The van der Waals surface area contributed by atoms with Crippen LogP contribution in [0, 0.1) is 11.3 Å². The van der Waals surface area contributed by atoms with Crippen LogP contribution in [0.25, 0.3) is 17.0 Å². The molecule has 19 heavy (non-hydrogen) atoms. The number of nitriles is 1. The Morgan fingerprint density at radius 1 is 1.21 bits per heavy atom. The van der Waals surface area contributed by atoms with Crippen molar-refractivity contribution in [2.75, 3.05) is 0 Å². The van der Waals surface area contributed by atoms with Crippen LogP contribution in [0.2, 0.25) is 10.2 Å². The number of fused-ring (bicyclic) bond motifs is 1. The van der Waals surface area contributed by atoms with Crippen LogP contribution < -0.4 is 0 Å². The lowest BCUT2D eigenvalue weighted by Crippen LogP contribution is -1.93. The van der Waals surface area contributed by atoms with E-state index in [0.29, 0.717) is 27.6 Å². The summed E-state index contributed by atoms with van der Waals surface area (Å²) in [5.74, 6) is 0.